The fourth-order valence-corrected chi connectivity index (χ4v) is 4.70. The van der Waals surface area contributed by atoms with E-state index in [9.17, 15) is 9.90 Å². The average Bonchev–Trinajstić information content (AvgIpc) is 3.37. The Balaban J connectivity index is 1.79. The van der Waals surface area contributed by atoms with E-state index >= 15 is 0 Å². The SMILES string of the molecule is CC#Cc1c(C(O)NCc2ccccc2)c2c(N)ncnc2n1[C@@H]1C[C@H](C)N(C(=O)/C=C/C)C1. The van der Waals surface area contributed by atoms with Crippen molar-refractivity contribution in [3.63, 3.8) is 0 Å². The molecule has 1 unspecified atom stereocenters. The summed E-state index contributed by atoms with van der Waals surface area (Å²) < 4.78 is 2.02. The number of likely N-dealkylation sites (tertiary alicyclic amines) is 1. The standard InChI is InChI=1S/C26H30N6O2/c1-4-9-20-22(26(34)28-14-18-11-7-6-8-12-18)23-24(27)29-16-30-25(23)32(20)19-13-17(3)31(15-19)21(33)10-5-2/h5-8,10-12,16-17,19,26,28,34H,13-15H2,1-3H3,(H2,27,29,30)/b10-5+/t17-,19+,26?/m0/s1. The van der Waals surface area contributed by atoms with Crippen LogP contribution in [0, 0.1) is 11.8 Å². The first kappa shape index (κ1) is 23.5. The molecule has 3 heterocycles. The summed E-state index contributed by atoms with van der Waals surface area (Å²) in [5.41, 5.74) is 9.14. The lowest BCUT2D eigenvalue weighted by atomic mass is 10.1. The molecule has 176 valence electrons. The number of anilines is 1. The molecule has 1 fully saturated rings. The summed E-state index contributed by atoms with van der Waals surface area (Å²) >= 11 is 0. The summed E-state index contributed by atoms with van der Waals surface area (Å²) in [7, 11) is 0. The lowest BCUT2D eigenvalue weighted by molar-refractivity contribution is -0.126. The molecule has 8 nitrogen and oxygen atoms in total. The predicted octanol–water partition coefficient (Wildman–Crippen LogP) is 2.90. The Kier molecular flexibility index (Phi) is 6.96. The maximum atomic E-state index is 12.6. The molecule has 0 radical (unpaired) electrons. The van der Waals surface area contributed by atoms with Crippen LogP contribution < -0.4 is 11.1 Å². The number of hydrogen-bond acceptors (Lipinski definition) is 6. The van der Waals surface area contributed by atoms with Crippen molar-refractivity contribution >= 4 is 22.8 Å². The zero-order valence-corrected chi connectivity index (χ0v) is 19.7. The largest absolute Gasteiger partial charge is 0.383 e. The van der Waals surface area contributed by atoms with Crippen molar-refractivity contribution in [3.05, 3.63) is 65.6 Å². The van der Waals surface area contributed by atoms with Gasteiger partial charge in [0.15, 0.2) is 0 Å². The van der Waals surface area contributed by atoms with E-state index in [1.165, 1.54) is 6.33 Å². The fraction of sp³-hybridized carbons (Fsp3) is 0.346. The first-order valence-corrected chi connectivity index (χ1v) is 11.4. The number of nitrogens with two attached hydrogens (primary N) is 1. The zero-order valence-electron chi connectivity index (χ0n) is 19.7. The second-order valence-corrected chi connectivity index (χ2v) is 8.46. The van der Waals surface area contributed by atoms with E-state index < -0.39 is 6.23 Å². The Morgan fingerprint density at radius 1 is 1.35 bits per heavy atom. The van der Waals surface area contributed by atoms with Gasteiger partial charge in [-0.1, -0.05) is 42.3 Å². The molecule has 4 N–H and O–H groups in total. The number of aliphatic hydroxyl groups is 1. The van der Waals surface area contributed by atoms with Gasteiger partial charge >= 0.3 is 0 Å². The first-order chi connectivity index (χ1) is 16.5. The lowest BCUT2D eigenvalue weighted by Gasteiger charge is -2.20. The van der Waals surface area contributed by atoms with E-state index in [4.69, 9.17) is 5.73 Å². The molecule has 4 rings (SSSR count). The van der Waals surface area contributed by atoms with Gasteiger partial charge < -0.3 is 20.3 Å². The highest BCUT2D eigenvalue weighted by Crippen LogP contribution is 2.38. The van der Waals surface area contributed by atoms with E-state index in [1.807, 2.05) is 53.6 Å². The Morgan fingerprint density at radius 3 is 2.82 bits per heavy atom. The van der Waals surface area contributed by atoms with E-state index in [1.54, 1.807) is 19.1 Å². The number of amides is 1. The number of nitrogens with zero attached hydrogens (tertiary/aromatic N) is 4. The van der Waals surface area contributed by atoms with Crippen molar-refractivity contribution in [2.75, 3.05) is 12.3 Å². The highest BCUT2D eigenvalue weighted by Gasteiger charge is 2.36. The summed E-state index contributed by atoms with van der Waals surface area (Å²) in [4.78, 5) is 23.2. The second-order valence-electron chi connectivity index (χ2n) is 8.46. The van der Waals surface area contributed by atoms with Crippen LogP contribution in [0.5, 0.6) is 0 Å². The third-order valence-electron chi connectivity index (χ3n) is 6.22. The molecule has 0 saturated carbocycles. The van der Waals surface area contributed by atoms with Gasteiger partial charge in [-0.15, -0.1) is 0 Å². The molecule has 3 atom stereocenters. The Morgan fingerprint density at radius 2 is 2.12 bits per heavy atom. The molecule has 0 spiro atoms. The van der Waals surface area contributed by atoms with Crippen molar-refractivity contribution in [2.24, 2.45) is 0 Å². The van der Waals surface area contributed by atoms with Gasteiger partial charge in [0.2, 0.25) is 5.91 Å². The van der Waals surface area contributed by atoms with Crippen LogP contribution in [0.25, 0.3) is 11.0 Å². The molecule has 3 aromatic rings. The summed E-state index contributed by atoms with van der Waals surface area (Å²) in [6.07, 6.45) is 4.46. The highest BCUT2D eigenvalue weighted by molar-refractivity contribution is 5.93. The van der Waals surface area contributed by atoms with Gasteiger partial charge in [-0.3, -0.25) is 10.1 Å². The monoisotopic (exact) mass is 458 g/mol. The van der Waals surface area contributed by atoms with E-state index in [2.05, 4.69) is 27.1 Å². The minimum absolute atomic E-state index is 0.0176. The van der Waals surface area contributed by atoms with Crippen molar-refractivity contribution in [3.8, 4) is 11.8 Å². The number of aromatic nitrogens is 3. The molecule has 0 aliphatic carbocycles. The van der Waals surface area contributed by atoms with Crippen LogP contribution >= 0.6 is 0 Å². The molecular formula is C26H30N6O2. The summed E-state index contributed by atoms with van der Waals surface area (Å²) in [5, 5.41) is 15.0. The Labute approximate surface area is 199 Å². The van der Waals surface area contributed by atoms with E-state index in [0.717, 1.165) is 12.0 Å². The fourth-order valence-electron chi connectivity index (χ4n) is 4.70. The molecule has 1 aliphatic rings. The molecule has 1 saturated heterocycles. The van der Waals surface area contributed by atoms with Gasteiger partial charge in [0.25, 0.3) is 0 Å². The number of carbonyl (C=O) groups excluding carboxylic acids is 1. The number of nitrogen functional groups attached to an aromatic ring is 1. The molecular weight excluding hydrogens is 428 g/mol. The maximum absolute atomic E-state index is 12.6. The molecule has 1 aliphatic heterocycles. The number of rotatable bonds is 6. The number of carbonyl (C=O) groups is 1. The molecule has 34 heavy (non-hydrogen) atoms. The Hall–Kier alpha value is -3.67. The average molecular weight is 459 g/mol. The van der Waals surface area contributed by atoms with Crippen molar-refractivity contribution in [2.45, 2.75) is 52.0 Å². The van der Waals surface area contributed by atoms with Crippen LogP contribution in [-0.2, 0) is 11.3 Å². The van der Waals surface area contributed by atoms with E-state index in [-0.39, 0.29) is 23.8 Å². The van der Waals surface area contributed by atoms with Crippen LogP contribution in [-0.4, -0.2) is 43.0 Å². The molecule has 2 aromatic heterocycles. The number of aliphatic hydroxyl groups excluding tert-OH is 1. The van der Waals surface area contributed by atoms with Crippen LogP contribution in [0.15, 0.2) is 48.8 Å². The molecule has 8 heteroatoms. The second kappa shape index (κ2) is 10.1. The van der Waals surface area contributed by atoms with Gasteiger partial charge in [-0.05, 0) is 44.8 Å². The summed E-state index contributed by atoms with van der Waals surface area (Å²) in [5.74, 6) is 6.41. The summed E-state index contributed by atoms with van der Waals surface area (Å²) in [6, 6.07) is 9.83. The van der Waals surface area contributed by atoms with Crippen LogP contribution in [0.3, 0.4) is 0 Å². The number of fused-ring (bicyclic) bond motifs is 1. The van der Waals surface area contributed by atoms with Crippen molar-refractivity contribution in [1.82, 2.24) is 24.8 Å². The lowest BCUT2D eigenvalue weighted by Crippen LogP contribution is -2.32. The molecule has 1 amide bonds. The number of benzene rings is 1. The minimum atomic E-state index is -1.03. The smallest absolute Gasteiger partial charge is 0.246 e. The number of hydrogen-bond donors (Lipinski definition) is 3. The topological polar surface area (TPSA) is 109 Å². The molecule has 1 aromatic carbocycles. The quantitative estimate of drug-likeness (QED) is 0.298. The van der Waals surface area contributed by atoms with Gasteiger partial charge in [-0.2, -0.15) is 0 Å². The Bertz CT molecular complexity index is 1270. The van der Waals surface area contributed by atoms with Gasteiger partial charge in [0, 0.05) is 24.7 Å². The minimum Gasteiger partial charge on any atom is -0.383 e. The zero-order chi connectivity index (χ0) is 24.2. The number of nitrogens with one attached hydrogen (secondary N) is 1. The molecule has 0 bridgehead atoms. The number of allylic oxidation sites excluding steroid dienone is 1. The maximum Gasteiger partial charge on any atom is 0.246 e. The van der Waals surface area contributed by atoms with Gasteiger partial charge in [0.1, 0.15) is 29.7 Å². The predicted molar refractivity (Wildman–Crippen MR) is 132 cm³/mol. The summed E-state index contributed by atoms with van der Waals surface area (Å²) in [6.45, 7) is 6.61. The normalized spacial score (nSPS) is 18.9. The third kappa shape index (κ3) is 4.40. The van der Waals surface area contributed by atoms with E-state index in [0.29, 0.717) is 35.4 Å². The third-order valence-corrected chi connectivity index (χ3v) is 6.22. The highest BCUT2D eigenvalue weighted by atomic mass is 16.3. The van der Waals surface area contributed by atoms with Crippen LogP contribution in [0.4, 0.5) is 5.82 Å². The van der Waals surface area contributed by atoms with Crippen LogP contribution in [0.1, 0.15) is 56.3 Å². The van der Waals surface area contributed by atoms with Gasteiger partial charge in [0.05, 0.1) is 11.4 Å². The van der Waals surface area contributed by atoms with Gasteiger partial charge in [-0.25, -0.2) is 9.97 Å². The first-order valence-electron chi connectivity index (χ1n) is 11.4. The van der Waals surface area contributed by atoms with Crippen molar-refractivity contribution in [1.29, 1.82) is 0 Å². The van der Waals surface area contributed by atoms with Crippen LogP contribution in [0.2, 0.25) is 0 Å². The van der Waals surface area contributed by atoms with Crippen molar-refractivity contribution < 1.29 is 9.90 Å².